The molecule has 1 aliphatic heterocycles. The van der Waals surface area contributed by atoms with Crippen LogP contribution in [-0.4, -0.2) is 49.5 Å². The molecule has 3 aromatic rings. The number of hydrogen-bond donors (Lipinski definition) is 2. The molecular formula is C26H22FN3O8. The summed E-state index contributed by atoms with van der Waals surface area (Å²) in [4.78, 5) is 49.6. The van der Waals surface area contributed by atoms with Crippen LogP contribution in [0.2, 0.25) is 0 Å². The van der Waals surface area contributed by atoms with Gasteiger partial charge in [-0.15, -0.1) is 0 Å². The molecule has 2 heterocycles. The molecule has 11 nitrogen and oxygen atoms in total. The number of para-hydroxylation sites is 1. The van der Waals surface area contributed by atoms with E-state index in [9.17, 15) is 23.6 Å². The summed E-state index contributed by atoms with van der Waals surface area (Å²) in [7, 11) is 2.68. The Hall–Kier alpha value is -5.13. The first-order chi connectivity index (χ1) is 18.3. The van der Waals surface area contributed by atoms with Crippen LogP contribution < -0.4 is 20.1 Å². The second-order valence-corrected chi connectivity index (χ2v) is 7.86. The molecule has 0 bridgehead atoms. The van der Waals surface area contributed by atoms with E-state index in [2.05, 4.69) is 15.4 Å². The number of esters is 1. The highest BCUT2D eigenvalue weighted by Crippen LogP contribution is 2.30. The number of ether oxygens (including phenoxy) is 3. The predicted octanol–water partition coefficient (Wildman–Crippen LogP) is 3.32. The third kappa shape index (κ3) is 5.81. The number of furan rings is 1. The van der Waals surface area contributed by atoms with Gasteiger partial charge >= 0.3 is 12.0 Å². The number of rotatable bonds is 9. The molecule has 2 N–H and O–H groups in total. The highest BCUT2D eigenvalue weighted by atomic mass is 19.1. The molecule has 0 aliphatic carbocycles. The Labute approximate surface area is 215 Å². The highest BCUT2D eigenvalue weighted by molar-refractivity contribution is 6.16. The Kier molecular flexibility index (Phi) is 7.71. The molecule has 0 saturated carbocycles. The number of amides is 4. The Morgan fingerprint density at radius 2 is 1.87 bits per heavy atom. The first-order valence-electron chi connectivity index (χ1n) is 11.2. The van der Waals surface area contributed by atoms with Gasteiger partial charge in [-0.1, -0.05) is 18.2 Å². The smallest absolute Gasteiger partial charge is 0.373 e. The van der Waals surface area contributed by atoms with Crippen LogP contribution in [0.4, 0.5) is 14.9 Å². The monoisotopic (exact) mass is 523 g/mol. The van der Waals surface area contributed by atoms with E-state index < -0.39 is 36.2 Å². The second-order valence-electron chi connectivity index (χ2n) is 7.86. The van der Waals surface area contributed by atoms with Crippen LogP contribution in [-0.2, 0) is 20.9 Å². The van der Waals surface area contributed by atoms with Crippen LogP contribution in [0.1, 0.15) is 21.9 Å². The van der Waals surface area contributed by atoms with Crippen molar-refractivity contribution < 1.29 is 42.2 Å². The van der Waals surface area contributed by atoms with Crippen molar-refractivity contribution in [2.45, 2.75) is 6.61 Å². The number of nitrogens with one attached hydrogen (secondary N) is 2. The van der Waals surface area contributed by atoms with E-state index in [-0.39, 0.29) is 23.8 Å². The van der Waals surface area contributed by atoms with Crippen molar-refractivity contribution in [1.82, 2.24) is 10.2 Å². The first kappa shape index (κ1) is 25.9. The van der Waals surface area contributed by atoms with Crippen molar-refractivity contribution in [2.24, 2.45) is 0 Å². The number of hydrogen-bond acceptors (Lipinski definition) is 8. The molecule has 0 atom stereocenters. The molecule has 0 spiro atoms. The summed E-state index contributed by atoms with van der Waals surface area (Å²) in [6.45, 7) is -0.594. The Balaban J connectivity index is 1.41. The quantitative estimate of drug-likeness (QED) is 0.248. The van der Waals surface area contributed by atoms with Crippen LogP contribution in [0.25, 0.3) is 6.08 Å². The van der Waals surface area contributed by atoms with Gasteiger partial charge in [0, 0.05) is 0 Å². The lowest BCUT2D eigenvalue weighted by Crippen LogP contribution is -2.38. The van der Waals surface area contributed by atoms with Crippen molar-refractivity contribution in [3.8, 4) is 11.5 Å². The minimum Gasteiger partial charge on any atom is -0.493 e. The van der Waals surface area contributed by atoms with Crippen molar-refractivity contribution in [1.29, 1.82) is 0 Å². The van der Waals surface area contributed by atoms with Gasteiger partial charge in [0.05, 0.1) is 19.9 Å². The number of carbonyl (C=O) groups excluding carboxylic acids is 4. The van der Waals surface area contributed by atoms with Gasteiger partial charge in [0.2, 0.25) is 11.7 Å². The maximum atomic E-state index is 13.8. The third-order valence-electron chi connectivity index (χ3n) is 5.33. The number of urea groups is 1. The SMILES string of the molecule is COC(=O)c1ccc(COc2ccc(C=C3NC(=O)N(CC(=O)Nc4ccccc4F)C3=O)cc2OC)o1. The van der Waals surface area contributed by atoms with E-state index in [1.165, 1.54) is 50.6 Å². The number of benzene rings is 2. The zero-order valence-corrected chi connectivity index (χ0v) is 20.3. The minimum atomic E-state index is -0.790. The van der Waals surface area contributed by atoms with E-state index >= 15 is 0 Å². The summed E-state index contributed by atoms with van der Waals surface area (Å²) in [5.41, 5.74) is 0.377. The van der Waals surface area contributed by atoms with Gasteiger partial charge in [-0.3, -0.25) is 9.59 Å². The molecule has 196 valence electrons. The molecule has 12 heteroatoms. The number of carbonyl (C=O) groups is 4. The molecule has 4 rings (SSSR count). The fourth-order valence-electron chi connectivity index (χ4n) is 3.49. The summed E-state index contributed by atoms with van der Waals surface area (Å²) >= 11 is 0. The molecule has 0 unspecified atom stereocenters. The molecule has 4 amide bonds. The first-order valence-corrected chi connectivity index (χ1v) is 11.2. The van der Waals surface area contributed by atoms with E-state index in [0.29, 0.717) is 27.7 Å². The predicted molar refractivity (Wildman–Crippen MR) is 131 cm³/mol. The molecule has 1 aromatic heterocycles. The molecule has 1 fully saturated rings. The third-order valence-corrected chi connectivity index (χ3v) is 5.33. The fraction of sp³-hybridized carbons (Fsp3) is 0.154. The Morgan fingerprint density at radius 1 is 1.08 bits per heavy atom. The number of methoxy groups -OCH3 is 2. The van der Waals surface area contributed by atoms with E-state index in [1.54, 1.807) is 24.3 Å². The molecule has 0 radical (unpaired) electrons. The number of anilines is 1. The zero-order valence-electron chi connectivity index (χ0n) is 20.3. The van der Waals surface area contributed by atoms with E-state index in [0.717, 1.165) is 0 Å². The van der Waals surface area contributed by atoms with E-state index in [1.807, 2.05) is 0 Å². The number of imide groups is 1. The molecule has 1 saturated heterocycles. The van der Waals surface area contributed by atoms with Gasteiger partial charge in [-0.2, -0.15) is 0 Å². The molecule has 2 aromatic carbocycles. The number of nitrogens with zero attached hydrogens (tertiary/aromatic N) is 1. The van der Waals surface area contributed by atoms with Gasteiger partial charge in [0.25, 0.3) is 5.91 Å². The molecule has 38 heavy (non-hydrogen) atoms. The van der Waals surface area contributed by atoms with Gasteiger partial charge in [0.1, 0.15) is 30.4 Å². The van der Waals surface area contributed by atoms with Crippen molar-refractivity contribution >= 4 is 35.6 Å². The maximum Gasteiger partial charge on any atom is 0.373 e. The number of halogens is 1. The average molecular weight is 523 g/mol. The minimum absolute atomic E-state index is 0.00619. The second kappa shape index (κ2) is 11.3. The van der Waals surface area contributed by atoms with Crippen LogP contribution in [0.3, 0.4) is 0 Å². The summed E-state index contributed by atoms with van der Waals surface area (Å²) in [6.07, 6.45) is 1.41. The van der Waals surface area contributed by atoms with Crippen LogP contribution in [0.15, 0.2) is 64.7 Å². The van der Waals surface area contributed by atoms with Crippen molar-refractivity contribution in [2.75, 3.05) is 26.1 Å². The lowest BCUT2D eigenvalue weighted by molar-refractivity contribution is -0.127. The summed E-state index contributed by atoms with van der Waals surface area (Å²) < 4.78 is 34.8. The van der Waals surface area contributed by atoms with Gasteiger partial charge in [-0.05, 0) is 48.0 Å². The van der Waals surface area contributed by atoms with Crippen LogP contribution in [0, 0.1) is 5.82 Å². The average Bonchev–Trinajstić information content (AvgIpc) is 3.49. The molecule has 1 aliphatic rings. The zero-order chi connectivity index (χ0) is 27.2. The maximum absolute atomic E-state index is 13.8. The summed E-state index contributed by atoms with van der Waals surface area (Å²) in [5, 5.41) is 4.75. The van der Waals surface area contributed by atoms with Gasteiger partial charge in [-0.25, -0.2) is 18.9 Å². The topological polar surface area (TPSA) is 136 Å². The van der Waals surface area contributed by atoms with Crippen molar-refractivity contribution in [3.05, 3.63) is 83.2 Å². The van der Waals surface area contributed by atoms with Gasteiger partial charge in [0.15, 0.2) is 11.5 Å². The van der Waals surface area contributed by atoms with Crippen molar-refractivity contribution in [3.63, 3.8) is 0 Å². The highest BCUT2D eigenvalue weighted by Gasteiger charge is 2.35. The molecular weight excluding hydrogens is 501 g/mol. The summed E-state index contributed by atoms with van der Waals surface area (Å²) in [5.74, 6) is -1.59. The lowest BCUT2D eigenvalue weighted by atomic mass is 10.1. The van der Waals surface area contributed by atoms with E-state index in [4.69, 9.17) is 13.9 Å². The summed E-state index contributed by atoms with van der Waals surface area (Å²) in [6, 6.07) is 12.6. The Bertz CT molecular complexity index is 1430. The van der Waals surface area contributed by atoms with Gasteiger partial charge < -0.3 is 29.3 Å². The Morgan fingerprint density at radius 3 is 2.61 bits per heavy atom. The normalized spacial score (nSPS) is 13.9. The van der Waals surface area contributed by atoms with Crippen LogP contribution in [0.5, 0.6) is 11.5 Å². The lowest BCUT2D eigenvalue weighted by Gasteiger charge is -2.12. The largest absolute Gasteiger partial charge is 0.493 e. The van der Waals surface area contributed by atoms with Crippen LogP contribution >= 0.6 is 0 Å². The fourth-order valence-corrected chi connectivity index (χ4v) is 3.49. The standard InChI is InChI=1S/C26H22FN3O8/c1-35-22-12-15(7-9-20(22)37-14-16-8-10-21(38-16)25(33)36-2)11-19-24(32)30(26(34)29-19)13-23(31)28-18-6-4-3-5-17(18)27/h3-12H,13-14H2,1-2H3,(H,28,31)(H,29,34).